The minimum Gasteiger partial charge on any atom is -0.492 e. The van der Waals surface area contributed by atoms with E-state index in [2.05, 4.69) is 6.92 Å². The van der Waals surface area contributed by atoms with Crippen LogP contribution in [-0.4, -0.2) is 23.2 Å². The zero-order chi connectivity index (χ0) is 11.8. The van der Waals surface area contributed by atoms with Gasteiger partial charge in [-0.1, -0.05) is 32.0 Å². The van der Waals surface area contributed by atoms with Crippen LogP contribution in [0.4, 0.5) is 0 Å². The molecule has 1 unspecified atom stereocenters. The minimum absolute atomic E-state index is 0.421. The second-order valence-electron chi connectivity index (χ2n) is 3.51. The number of aliphatic hydroxyl groups is 1. The lowest BCUT2D eigenvalue weighted by molar-refractivity contribution is 0.168. The number of hydrogen-bond acceptors (Lipinski definition) is 3. The molecule has 1 atom stereocenters. The molecule has 1 aromatic rings. The first kappa shape index (κ1) is 13.4. The van der Waals surface area contributed by atoms with Crippen molar-refractivity contribution < 1.29 is 9.84 Å². The third-order valence-corrected chi connectivity index (χ3v) is 3.22. The molecule has 0 saturated carbocycles. The second kappa shape index (κ2) is 7.58. The average Bonchev–Trinajstić information content (AvgIpc) is 2.34. The van der Waals surface area contributed by atoms with Crippen LogP contribution in [-0.2, 0) is 0 Å². The molecule has 0 bridgehead atoms. The molecule has 0 fully saturated rings. The standard InChI is InChI=1S/C13H20O2S/c1-3-12(14)11-7-5-6-8-13(11)15-9-10-16-4-2/h5-8,12,14H,3-4,9-10H2,1-2H3. The van der Waals surface area contributed by atoms with E-state index in [0.717, 1.165) is 22.8 Å². The molecule has 0 aliphatic heterocycles. The van der Waals surface area contributed by atoms with Crippen LogP contribution in [0.3, 0.4) is 0 Å². The lowest BCUT2D eigenvalue weighted by Gasteiger charge is -2.14. The summed E-state index contributed by atoms with van der Waals surface area (Å²) in [4.78, 5) is 0. The van der Waals surface area contributed by atoms with Crippen LogP contribution in [0.1, 0.15) is 31.9 Å². The molecule has 3 heteroatoms. The van der Waals surface area contributed by atoms with Gasteiger partial charge in [0, 0.05) is 11.3 Å². The Kier molecular flexibility index (Phi) is 6.34. The monoisotopic (exact) mass is 240 g/mol. The molecule has 0 amide bonds. The van der Waals surface area contributed by atoms with Gasteiger partial charge < -0.3 is 9.84 Å². The first-order chi connectivity index (χ1) is 7.79. The van der Waals surface area contributed by atoms with Gasteiger partial charge in [0.1, 0.15) is 5.75 Å². The van der Waals surface area contributed by atoms with Crippen molar-refractivity contribution >= 4 is 11.8 Å². The van der Waals surface area contributed by atoms with E-state index in [9.17, 15) is 5.11 Å². The topological polar surface area (TPSA) is 29.5 Å². The molecule has 2 nitrogen and oxygen atoms in total. The molecule has 0 aliphatic carbocycles. The summed E-state index contributed by atoms with van der Waals surface area (Å²) >= 11 is 1.86. The van der Waals surface area contributed by atoms with Gasteiger partial charge in [0.25, 0.3) is 0 Å². The van der Waals surface area contributed by atoms with E-state index in [1.54, 1.807) is 0 Å². The molecule has 1 rings (SSSR count). The Bertz CT molecular complexity index is 302. The Labute approximate surface area is 102 Å². The van der Waals surface area contributed by atoms with Gasteiger partial charge >= 0.3 is 0 Å². The van der Waals surface area contributed by atoms with Crippen LogP contribution in [0.15, 0.2) is 24.3 Å². The van der Waals surface area contributed by atoms with Gasteiger partial charge in [0.15, 0.2) is 0 Å². The lowest BCUT2D eigenvalue weighted by atomic mass is 10.1. The van der Waals surface area contributed by atoms with Crippen LogP contribution in [0.25, 0.3) is 0 Å². The van der Waals surface area contributed by atoms with Gasteiger partial charge in [0.2, 0.25) is 0 Å². The molecule has 0 heterocycles. The van der Waals surface area contributed by atoms with Crippen LogP contribution >= 0.6 is 11.8 Å². The predicted octanol–water partition coefficient (Wildman–Crippen LogP) is 3.26. The van der Waals surface area contributed by atoms with E-state index < -0.39 is 6.10 Å². The molecule has 1 N–H and O–H groups in total. The molecule has 16 heavy (non-hydrogen) atoms. The molecule has 0 spiro atoms. The number of thioether (sulfide) groups is 1. The fourth-order valence-corrected chi connectivity index (χ4v) is 1.95. The Hall–Kier alpha value is -0.670. The molecule has 0 radical (unpaired) electrons. The third kappa shape index (κ3) is 4.06. The van der Waals surface area contributed by atoms with Gasteiger partial charge in [-0.05, 0) is 18.2 Å². The summed E-state index contributed by atoms with van der Waals surface area (Å²) in [6, 6.07) is 7.72. The Balaban J connectivity index is 2.57. The number of benzene rings is 1. The predicted molar refractivity (Wildman–Crippen MR) is 70.2 cm³/mol. The molecule has 0 aliphatic rings. The van der Waals surface area contributed by atoms with Crippen molar-refractivity contribution in [2.45, 2.75) is 26.4 Å². The van der Waals surface area contributed by atoms with E-state index in [1.807, 2.05) is 43.0 Å². The van der Waals surface area contributed by atoms with Crippen molar-refractivity contribution in [1.29, 1.82) is 0 Å². The van der Waals surface area contributed by atoms with Gasteiger partial charge in [-0.2, -0.15) is 11.8 Å². The Morgan fingerprint density at radius 2 is 2.06 bits per heavy atom. The van der Waals surface area contributed by atoms with Crippen molar-refractivity contribution in [3.63, 3.8) is 0 Å². The smallest absolute Gasteiger partial charge is 0.125 e. The van der Waals surface area contributed by atoms with Crippen molar-refractivity contribution in [3.05, 3.63) is 29.8 Å². The Morgan fingerprint density at radius 3 is 2.75 bits per heavy atom. The van der Waals surface area contributed by atoms with Gasteiger partial charge in [-0.25, -0.2) is 0 Å². The molecular formula is C13H20O2S. The minimum atomic E-state index is -0.421. The largest absolute Gasteiger partial charge is 0.492 e. The Morgan fingerprint density at radius 1 is 1.31 bits per heavy atom. The lowest BCUT2D eigenvalue weighted by Crippen LogP contribution is -2.05. The van der Waals surface area contributed by atoms with Gasteiger partial charge in [-0.15, -0.1) is 0 Å². The highest BCUT2D eigenvalue weighted by Crippen LogP contribution is 2.26. The molecule has 0 aromatic heterocycles. The number of ether oxygens (including phenoxy) is 1. The van der Waals surface area contributed by atoms with Crippen LogP contribution < -0.4 is 4.74 Å². The maximum absolute atomic E-state index is 9.83. The normalized spacial score (nSPS) is 12.4. The molecule has 90 valence electrons. The third-order valence-electron chi connectivity index (χ3n) is 2.35. The average molecular weight is 240 g/mol. The quantitative estimate of drug-likeness (QED) is 0.742. The highest BCUT2D eigenvalue weighted by Gasteiger charge is 2.10. The summed E-state index contributed by atoms with van der Waals surface area (Å²) < 4.78 is 5.68. The summed E-state index contributed by atoms with van der Waals surface area (Å²) in [7, 11) is 0. The number of rotatable bonds is 7. The van der Waals surface area contributed by atoms with Crippen LogP contribution in [0, 0.1) is 0 Å². The van der Waals surface area contributed by atoms with E-state index in [4.69, 9.17) is 4.74 Å². The van der Waals surface area contributed by atoms with E-state index in [-0.39, 0.29) is 0 Å². The van der Waals surface area contributed by atoms with E-state index >= 15 is 0 Å². The van der Waals surface area contributed by atoms with Crippen molar-refractivity contribution in [1.82, 2.24) is 0 Å². The first-order valence-electron chi connectivity index (χ1n) is 5.77. The van der Waals surface area contributed by atoms with Crippen molar-refractivity contribution in [2.24, 2.45) is 0 Å². The highest BCUT2D eigenvalue weighted by atomic mass is 32.2. The fraction of sp³-hybridized carbons (Fsp3) is 0.538. The fourth-order valence-electron chi connectivity index (χ4n) is 1.46. The maximum Gasteiger partial charge on any atom is 0.125 e. The number of hydrogen-bond donors (Lipinski definition) is 1. The van der Waals surface area contributed by atoms with Crippen molar-refractivity contribution in [2.75, 3.05) is 18.1 Å². The summed E-state index contributed by atoms with van der Waals surface area (Å²) in [5, 5.41) is 9.83. The summed E-state index contributed by atoms with van der Waals surface area (Å²) in [6.07, 6.45) is 0.291. The highest BCUT2D eigenvalue weighted by molar-refractivity contribution is 7.99. The van der Waals surface area contributed by atoms with E-state index in [1.165, 1.54) is 0 Å². The summed E-state index contributed by atoms with van der Waals surface area (Å²) in [6.45, 7) is 4.81. The SMILES string of the molecule is CCSCCOc1ccccc1C(O)CC. The number of para-hydroxylation sites is 1. The first-order valence-corrected chi connectivity index (χ1v) is 6.92. The van der Waals surface area contributed by atoms with Crippen molar-refractivity contribution in [3.8, 4) is 5.75 Å². The molecular weight excluding hydrogens is 220 g/mol. The zero-order valence-electron chi connectivity index (χ0n) is 9.98. The summed E-state index contributed by atoms with van der Waals surface area (Å²) in [5.41, 5.74) is 0.895. The number of aliphatic hydroxyl groups excluding tert-OH is 1. The molecule has 0 saturated heterocycles. The van der Waals surface area contributed by atoms with Crippen LogP contribution in [0.5, 0.6) is 5.75 Å². The molecule has 1 aromatic carbocycles. The second-order valence-corrected chi connectivity index (χ2v) is 4.90. The van der Waals surface area contributed by atoms with E-state index in [0.29, 0.717) is 13.0 Å². The van der Waals surface area contributed by atoms with Gasteiger partial charge in [0.05, 0.1) is 12.7 Å². The summed E-state index contributed by atoms with van der Waals surface area (Å²) in [5.74, 6) is 2.92. The maximum atomic E-state index is 9.83. The van der Waals surface area contributed by atoms with Crippen LogP contribution in [0.2, 0.25) is 0 Å². The van der Waals surface area contributed by atoms with Gasteiger partial charge in [-0.3, -0.25) is 0 Å². The zero-order valence-corrected chi connectivity index (χ0v) is 10.8.